The molecule has 8 nitrogen and oxygen atoms in total. The first-order valence-electron chi connectivity index (χ1n) is 26.3. The van der Waals surface area contributed by atoms with E-state index in [1.165, 1.54) is 109 Å². The summed E-state index contributed by atoms with van der Waals surface area (Å²) >= 11 is 0. The maximum absolute atomic E-state index is 12.9. The second-order valence-corrected chi connectivity index (χ2v) is 20.0. The SMILES string of the molecule is CCCCCCCCC(CC)OC(=O)CCCCCCCN(CCCCCCCC(=O)OC(CCCCCCCC)CCCCCCCC)CCCNS(=O)(=O)CCCC. The first-order valence-corrected chi connectivity index (χ1v) is 27.9. The highest BCUT2D eigenvalue weighted by atomic mass is 32.2. The van der Waals surface area contributed by atoms with Crippen molar-refractivity contribution < 1.29 is 27.5 Å². The van der Waals surface area contributed by atoms with E-state index in [0.29, 0.717) is 25.8 Å². The van der Waals surface area contributed by atoms with E-state index in [1.807, 2.05) is 6.92 Å². The van der Waals surface area contributed by atoms with Crippen molar-refractivity contribution in [1.29, 1.82) is 0 Å². The number of rotatable bonds is 48. The molecule has 1 atom stereocenters. The molecule has 1 N–H and O–H groups in total. The molecule has 0 saturated carbocycles. The van der Waals surface area contributed by atoms with Crippen LogP contribution in [0.4, 0.5) is 0 Å². The molecule has 0 aromatic heterocycles. The van der Waals surface area contributed by atoms with E-state index in [9.17, 15) is 18.0 Å². The number of hydrogen-bond donors (Lipinski definition) is 1. The van der Waals surface area contributed by atoms with Crippen LogP contribution in [0, 0.1) is 0 Å². The van der Waals surface area contributed by atoms with Gasteiger partial charge in [0.2, 0.25) is 10.0 Å². The van der Waals surface area contributed by atoms with Gasteiger partial charge >= 0.3 is 11.9 Å². The predicted octanol–water partition coefficient (Wildman–Crippen LogP) is 14.6. The Bertz CT molecular complexity index is 1020. The molecule has 0 bridgehead atoms. The van der Waals surface area contributed by atoms with E-state index in [4.69, 9.17) is 9.47 Å². The Morgan fingerprint density at radius 1 is 0.433 bits per heavy atom. The fraction of sp³-hybridized carbons (Fsp3) is 0.961. The number of carbonyl (C=O) groups is 2. The molecular weight excluding hydrogens is 769 g/mol. The second kappa shape index (κ2) is 44.4. The zero-order valence-electron chi connectivity index (χ0n) is 40.7. The minimum Gasteiger partial charge on any atom is -0.462 e. The fourth-order valence-electron chi connectivity index (χ4n) is 8.10. The minimum atomic E-state index is -3.19. The molecule has 0 aliphatic carbocycles. The van der Waals surface area contributed by atoms with Crippen molar-refractivity contribution in [2.24, 2.45) is 0 Å². The van der Waals surface area contributed by atoms with Crippen LogP contribution < -0.4 is 4.72 Å². The lowest BCUT2D eigenvalue weighted by atomic mass is 10.0. The first kappa shape index (κ1) is 58.8. The number of ether oxygens (including phenoxy) is 2. The van der Waals surface area contributed by atoms with Gasteiger partial charge in [0.15, 0.2) is 0 Å². The maximum Gasteiger partial charge on any atom is 0.306 e. The molecule has 9 heteroatoms. The Morgan fingerprint density at radius 3 is 1.22 bits per heavy atom. The number of unbranched alkanes of at least 4 members (excludes halogenated alkanes) is 24. The van der Waals surface area contributed by atoms with Crippen molar-refractivity contribution in [1.82, 2.24) is 9.62 Å². The molecule has 0 amide bonds. The van der Waals surface area contributed by atoms with Crippen molar-refractivity contribution in [2.45, 2.75) is 284 Å². The second-order valence-electron chi connectivity index (χ2n) is 18.1. The topological polar surface area (TPSA) is 102 Å². The Balaban J connectivity index is 4.57. The van der Waals surface area contributed by atoms with Crippen LogP contribution >= 0.6 is 0 Å². The Kier molecular flexibility index (Phi) is 43.5. The van der Waals surface area contributed by atoms with Gasteiger partial charge in [0.05, 0.1) is 5.75 Å². The molecule has 0 spiro atoms. The standard InChI is InChI=1S/C51H102N2O6S/c1-6-11-15-18-23-30-38-48(10-5)58-50(54)41-33-26-21-28-35-44-53(46-37-43-52-60(56,57)47-14-9-4)45-36-29-22-27-34-42-51(55)59-49(39-31-24-19-16-12-7-2)40-32-25-20-17-13-8-3/h48-49,52H,6-47H2,1-5H3. The van der Waals surface area contributed by atoms with E-state index in [0.717, 1.165) is 129 Å². The van der Waals surface area contributed by atoms with Crippen LogP contribution in [0.3, 0.4) is 0 Å². The number of sulfonamides is 1. The maximum atomic E-state index is 12.9. The van der Waals surface area contributed by atoms with Crippen molar-refractivity contribution in [2.75, 3.05) is 31.9 Å². The van der Waals surface area contributed by atoms with Gasteiger partial charge in [-0.2, -0.15) is 0 Å². The number of nitrogens with one attached hydrogen (secondary N) is 1. The molecule has 0 aromatic rings. The molecule has 0 radical (unpaired) electrons. The average Bonchev–Trinajstić information content (AvgIpc) is 3.23. The van der Waals surface area contributed by atoms with E-state index < -0.39 is 10.0 Å². The molecule has 0 aliphatic rings. The summed E-state index contributed by atoms with van der Waals surface area (Å²) < 4.78 is 39.3. The quantitative estimate of drug-likeness (QED) is 0.0480. The van der Waals surface area contributed by atoms with Gasteiger partial charge in [-0.05, 0) is 103 Å². The zero-order chi connectivity index (χ0) is 44.2. The van der Waals surface area contributed by atoms with Crippen LogP contribution in [-0.2, 0) is 29.1 Å². The van der Waals surface area contributed by atoms with Crippen molar-refractivity contribution in [3.8, 4) is 0 Å². The van der Waals surface area contributed by atoms with Crippen molar-refractivity contribution in [3.63, 3.8) is 0 Å². The van der Waals surface area contributed by atoms with Gasteiger partial charge in [0.1, 0.15) is 12.2 Å². The monoisotopic (exact) mass is 871 g/mol. The van der Waals surface area contributed by atoms with Crippen LogP contribution in [0.2, 0.25) is 0 Å². The molecule has 0 rings (SSSR count). The predicted molar refractivity (Wildman–Crippen MR) is 257 cm³/mol. The molecular formula is C51H102N2O6S. The van der Waals surface area contributed by atoms with E-state index in [-0.39, 0.29) is 29.9 Å². The Morgan fingerprint density at radius 2 is 0.783 bits per heavy atom. The van der Waals surface area contributed by atoms with Gasteiger partial charge in [-0.25, -0.2) is 13.1 Å². The van der Waals surface area contributed by atoms with Crippen LogP contribution in [0.1, 0.15) is 272 Å². The van der Waals surface area contributed by atoms with Gasteiger partial charge in [-0.15, -0.1) is 0 Å². The molecule has 60 heavy (non-hydrogen) atoms. The molecule has 1 unspecified atom stereocenters. The normalized spacial score (nSPS) is 12.4. The third-order valence-corrected chi connectivity index (χ3v) is 13.6. The lowest BCUT2D eigenvalue weighted by Crippen LogP contribution is -2.32. The summed E-state index contributed by atoms with van der Waals surface area (Å²) in [5.74, 6) is 0.174. The van der Waals surface area contributed by atoms with Crippen molar-refractivity contribution >= 4 is 22.0 Å². The highest BCUT2D eigenvalue weighted by Crippen LogP contribution is 2.19. The van der Waals surface area contributed by atoms with Crippen LogP contribution in [0.25, 0.3) is 0 Å². The lowest BCUT2D eigenvalue weighted by molar-refractivity contribution is -0.150. The summed E-state index contributed by atoms with van der Waals surface area (Å²) in [7, 11) is -3.19. The van der Waals surface area contributed by atoms with E-state index in [1.54, 1.807) is 0 Å². The largest absolute Gasteiger partial charge is 0.462 e. The lowest BCUT2D eigenvalue weighted by Gasteiger charge is -2.22. The third-order valence-electron chi connectivity index (χ3n) is 12.1. The summed E-state index contributed by atoms with van der Waals surface area (Å²) in [5.41, 5.74) is 0. The van der Waals surface area contributed by atoms with Gasteiger partial charge < -0.3 is 14.4 Å². The minimum absolute atomic E-state index is 0.00248. The van der Waals surface area contributed by atoms with Crippen molar-refractivity contribution in [3.05, 3.63) is 0 Å². The molecule has 0 aromatic carbocycles. The zero-order valence-corrected chi connectivity index (χ0v) is 41.5. The summed E-state index contributed by atoms with van der Waals surface area (Å²) in [6.45, 7) is 14.3. The average molecular weight is 871 g/mol. The van der Waals surface area contributed by atoms with Crippen LogP contribution in [0.15, 0.2) is 0 Å². The summed E-state index contributed by atoms with van der Waals surface area (Å²) in [5, 5.41) is 0. The van der Waals surface area contributed by atoms with Crippen LogP contribution in [0.5, 0.6) is 0 Å². The van der Waals surface area contributed by atoms with Gasteiger partial charge in [0, 0.05) is 19.4 Å². The summed E-state index contributed by atoms with van der Waals surface area (Å²) in [6.07, 6.45) is 41.0. The first-order chi connectivity index (χ1) is 29.2. The smallest absolute Gasteiger partial charge is 0.306 e. The number of nitrogens with zero attached hydrogens (tertiary/aromatic N) is 1. The molecule has 0 heterocycles. The fourth-order valence-corrected chi connectivity index (χ4v) is 9.37. The molecule has 0 saturated heterocycles. The highest BCUT2D eigenvalue weighted by Gasteiger charge is 2.15. The van der Waals surface area contributed by atoms with Gasteiger partial charge in [0.25, 0.3) is 0 Å². The highest BCUT2D eigenvalue weighted by molar-refractivity contribution is 7.89. The molecule has 0 fully saturated rings. The summed E-state index contributed by atoms with van der Waals surface area (Å²) in [4.78, 5) is 27.9. The Labute approximate surface area is 374 Å². The number of hydrogen-bond acceptors (Lipinski definition) is 7. The molecule has 0 aliphatic heterocycles. The van der Waals surface area contributed by atoms with Gasteiger partial charge in [-0.1, -0.05) is 176 Å². The Hall–Kier alpha value is -1.19. The number of esters is 2. The summed E-state index contributed by atoms with van der Waals surface area (Å²) in [6, 6.07) is 0. The van der Waals surface area contributed by atoms with E-state index >= 15 is 0 Å². The van der Waals surface area contributed by atoms with E-state index in [2.05, 4.69) is 37.3 Å². The molecule has 358 valence electrons. The third kappa shape index (κ3) is 40.9. The van der Waals surface area contributed by atoms with Crippen LogP contribution in [-0.4, -0.2) is 69.4 Å². The number of carbonyl (C=O) groups excluding carboxylic acids is 2. The van der Waals surface area contributed by atoms with Gasteiger partial charge in [-0.3, -0.25) is 9.59 Å².